The van der Waals surface area contributed by atoms with Gasteiger partial charge in [-0.05, 0) is 12.5 Å². The van der Waals surface area contributed by atoms with Crippen LogP contribution in [-0.4, -0.2) is 31.7 Å². The predicted octanol–water partition coefficient (Wildman–Crippen LogP) is 2.21. The Balaban J connectivity index is 2.16. The van der Waals surface area contributed by atoms with Gasteiger partial charge in [-0.15, -0.1) is 0 Å². The summed E-state index contributed by atoms with van der Waals surface area (Å²) in [4.78, 5) is 12.1. The van der Waals surface area contributed by atoms with Crippen LogP contribution in [-0.2, 0) is 4.74 Å². The smallest absolute Gasteiger partial charge is 0.274 e. The molecule has 0 amide bonds. The van der Waals surface area contributed by atoms with Gasteiger partial charge in [0.05, 0.1) is 17.6 Å². The summed E-state index contributed by atoms with van der Waals surface area (Å²) >= 11 is 0. The van der Waals surface area contributed by atoms with Gasteiger partial charge in [-0.1, -0.05) is 0 Å². The van der Waals surface area contributed by atoms with Gasteiger partial charge in [0.1, 0.15) is 5.82 Å². The number of halogens is 1. The number of nitro benzene ring substituents is 1. The Morgan fingerprint density at radius 3 is 3.00 bits per heavy atom. The first-order valence-corrected chi connectivity index (χ1v) is 5.79. The number of non-ortho nitro benzene ring substituents is 1. The highest BCUT2D eigenvalue weighted by atomic mass is 19.1. The number of anilines is 1. The van der Waals surface area contributed by atoms with Gasteiger partial charge >= 0.3 is 0 Å². The third-order valence-electron chi connectivity index (χ3n) is 3.13. The molecule has 0 spiro atoms. The van der Waals surface area contributed by atoms with Crippen molar-refractivity contribution in [3.05, 3.63) is 34.1 Å². The molecular formula is C12H15FN2O3. The first kappa shape index (κ1) is 12.8. The molecule has 1 aliphatic heterocycles. The Bertz CT molecular complexity index is 453. The molecule has 2 rings (SSSR count). The van der Waals surface area contributed by atoms with E-state index < -0.39 is 10.7 Å². The van der Waals surface area contributed by atoms with Gasteiger partial charge in [0.25, 0.3) is 5.69 Å². The molecule has 1 saturated heterocycles. The zero-order valence-electron chi connectivity index (χ0n) is 10.1. The number of benzene rings is 1. The van der Waals surface area contributed by atoms with E-state index in [2.05, 4.69) is 0 Å². The maximum Gasteiger partial charge on any atom is 0.274 e. The molecule has 1 aromatic carbocycles. The van der Waals surface area contributed by atoms with Crippen molar-refractivity contribution in [2.75, 3.05) is 31.7 Å². The molecule has 1 atom stereocenters. The quantitative estimate of drug-likeness (QED) is 0.610. The number of hydrogen-bond acceptors (Lipinski definition) is 4. The lowest BCUT2D eigenvalue weighted by Crippen LogP contribution is -2.21. The van der Waals surface area contributed by atoms with Crippen LogP contribution in [0.2, 0.25) is 0 Å². The summed E-state index contributed by atoms with van der Waals surface area (Å²) in [6.07, 6.45) is 0.956. The highest BCUT2D eigenvalue weighted by Crippen LogP contribution is 2.28. The molecule has 6 heteroatoms. The number of ether oxygens (including phenoxy) is 1. The Morgan fingerprint density at radius 2 is 2.33 bits per heavy atom. The van der Waals surface area contributed by atoms with Gasteiger partial charge in [0.2, 0.25) is 0 Å². The molecule has 0 N–H and O–H groups in total. The van der Waals surface area contributed by atoms with Gasteiger partial charge in [-0.25, -0.2) is 4.39 Å². The van der Waals surface area contributed by atoms with E-state index in [9.17, 15) is 14.5 Å². The minimum Gasteiger partial charge on any atom is -0.384 e. The van der Waals surface area contributed by atoms with Gasteiger partial charge in [-0.2, -0.15) is 0 Å². The summed E-state index contributed by atoms with van der Waals surface area (Å²) in [6, 6.07) is 3.69. The lowest BCUT2D eigenvalue weighted by Gasteiger charge is -2.18. The largest absolute Gasteiger partial charge is 0.384 e. The zero-order chi connectivity index (χ0) is 13.1. The van der Waals surface area contributed by atoms with Crippen LogP contribution in [0, 0.1) is 21.8 Å². The highest BCUT2D eigenvalue weighted by molar-refractivity contribution is 5.54. The van der Waals surface area contributed by atoms with E-state index in [1.165, 1.54) is 12.1 Å². The molecule has 18 heavy (non-hydrogen) atoms. The van der Waals surface area contributed by atoms with Gasteiger partial charge in [0, 0.05) is 37.9 Å². The van der Waals surface area contributed by atoms with E-state index in [4.69, 9.17) is 4.74 Å². The summed E-state index contributed by atoms with van der Waals surface area (Å²) in [5.41, 5.74) is 0.362. The first-order valence-electron chi connectivity index (χ1n) is 5.79. The second-order valence-corrected chi connectivity index (χ2v) is 4.48. The van der Waals surface area contributed by atoms with Gasteiger partial charge in [0.15, 0.2) is 0 Å². The molecule has 1 aliphatic rings. The Labute approximate surface area is 104 Å². The second kappa shape index (κ2) is 5.30. The lowest BCUT2D eigenvalue weighted by molar-refractivity contribution is -0.385. The average molecular weight is 254 g/mol. The van der Waals surface area contributed by atoms with E-state index >= 15 is 0 Å². The van der Waals surface area contributed by atoms with E-state index in [-0.39, 0.29) is 5.69 Å². The van der Waals surface area contributed by atoms with Crippen LogP contribution in [0.4, 0.5) is 15.8 Å². The van der Waals surface area contributed by atoms with Crippen molar-refractivity contribution in [1.82, 2.24) is 0 Å². The van der Waals surface area contributed by atoms with Gasteiger partial charge < -0.3 is 9.64 Å². The molecule has 1 fully saturated rings. The number of nitro groups is 1. The Hall–Kier alpha value is -1.69. The fraction of sp³-hybridized carbons (Fsp3) is 0.500. The van der Waals surface area contributed by atoms with E-state index in [0.29, 0.717) is 18.2 Å². The number of rotatable bonds is 4. The monoisotopic (exact) mass is 254 g/mol. The molecule has 0 radical (unpaired) electrons. The molecule has 0 bridgehead atoms. The standard InChI is InChI=1S/C12H15FN2O3/c1-18-8-9-2-3-14(7-9)11-4-10(13)5-12(6-11)15(16)17/h4-6,9H,2-3,7-8H2,1H3. The van der Waals surface area contributed by atoms with Crippen molar-refractivity contribution < 1.29 is 14.1 Å². The highest BCUT2D eigenvalue weighted by Gasteiger charge is 2.24. The van der Waals surface area contributed by atoms with Crippen LogP contribution >= 0.6 is 0 Å². The molecular weight excluding hydrogens is 239 g/mol. The minimum absolute atomic E-state index is 0.208. The molecule has 1 heterocycles. The van der Waals surface area contributed by atoms with Crippen molar-refractivity contribution in [2.45, 2.75) is 6.42 Å². The molecule has 0 aromatic heterocycles. The maximum absolute atomic E-state index is 13.3. The first-order chi connectivity index (χ1) is 8.60. The van der Waals surface area contributed by atoms with Crippen LogP contribution in [0.5, 0.6) is 0 Å². The average Bonchev–Trinajstić information content (AvgIpc) is 2.77. The topological polar surface area (TPSA) is 55.6 Å². The Morgan fingerprint density at radius 1 is 1.56 bits per heavy atom. The molecule has 0 saturated carbocycles. The summed E-state index contributed by atoms with van der Waals surface area (Å²) in [7, 11) is 1.65. The predicted molar refractivity (Wildman–Crippen MR) is 65.3 cm³/mol. The third kappa shape index (κ3) is 2.76. The van der Waals surface area contributed by atoms with Crippen molar-refractivity contribution in [3.63, 3.8) is 0 Å². The molecule has 1 aromatic rings. The summed E-state index contributed by atoms with van der Waals surface area (Å²) in [6.45, 7) is 2.18. The third-order valence-corrected chi connectivity index (χ3v) is 3.13. The lowest BCUT2D eigenvalue weighted by atomic mass is 10.1. The van der Waals surface area contributed by atoms with E-state index in [1.807, 2.05) is 4.90 Å². The summed E-state index contributed by atoms with van der Waals surface area (Å²) in [5.74, 6) is -0.174. The molecule has 98 valence electrons. The number of hydrogen-bond donors (Lipinski definition) is 0. The van der Waals surface area contributed by atoms with E-state index in [1.54, 1.807) is 7.11 Å². The molecule has 1 unspecified atom stereocenters. The molecule has 5 nitrogen and oxygen atoms in total. The van der Waals surface area contributed by atoms with Crippen molar-refractivity contribution >= 4 is 11.4 Å². The fourth-order valence-electron chi connectivity index (χ4n) is 2.29. The Kier molecular flexibility index (Phi) is 3.76. The minimum atomic E-state index is -0.575. The number of nitrogens with zero attached hydrogens (tertiary/aromatic N) is 2. The summed E-state index contributed by atoms with van der Waals surface area (Å²) < 4.78 is 18.4. The van der Waals surface area contributed by atoms with Gasteiger partial charge in [-0.3, -0.25) is 10.1 Å². The van der Waals surface area contributed by atoms with Crippen molar-refractivity contribution in [3.8, 4) is 0 Å². The normalized spacial score (nSPS) is 19.2. The summed E-state index contributed by atoms with van der Waals surface area (Å²) in [5, 5.41) is 10.7. The van der Waals surface area contributed by atoms with Crippen LogP contribution < -0.4 is 4.90 Å². The van der Waals surface area contributed by atoms with Crippen LogP contribution in [0.1, 0.15) is 6.42 Å². The van der Waals surface area contributed by atoms with Crippen LogP contribution in [0.25, 0.3) is 0 Å². The van der Waals surface area contributed by atoms with Crippen molar-refractivity contribution in [2.24, 2.45) is 5.92 Å². The fourth-order valence-corrected chi connectivity index (χ4v) is 2.29. The van der Waals surface area contributed by atoms with Crippen molar-refractivity contribution in [1.29, 1.82) is 0 Å². The molecule has 0 aliphatic carbocycles. The number of methoxy groups -OCH3 is 1. The van der Waals surface area contributed by atoms with Crippen LogP contribution in [0.15, 0.2) is 18.2 Å². The van der Waals surface area contributed by atoms with Crippen LogP contribution in [0.3, 0.4) is 0 Å². The second-order valence-electron chi connectivity index (χ2n) is 4.48. The zero-order valence-corrected chi connectivity index (χ0v) is 10.1. The SMILES string of the molecule is COCC1CCN(c2cc(F)cc([N+](=O)[O-])c2)C1. The maximum atomic E-state index is 13.3. The van der Waals surface area contributed by atoms with E-state index in [0.717, 1.165) is 25.6 Å².